The topological polar surface area (TPSA) is 86.7 Å². The number of rotatable bonds is 7. The molecule has 0 radical (unpaired) electrons. The lowest BCUT2D eigenvalue weighted by Gasteiger charge is -2.35. The minimum Gasteiger partial charge on any atom is -0.480 e. The fourth-order valence-corrected chi connectivity index (χ4v) is 5.66. The maximum absolute atomic E-state index is 13.0. The Morgan fingerprint density at radius 3 is 2.33 bits per heavy atom. The molecule has 6 nitrogen and oxygen atoms in total. The van der Waals surface area contributed by atoms with Gasteiger partial charge in [-0.05, 0) is 55.0 Å². The lowest BCUT2D eigenvalue weighted by atomic mass is 9.87. The predicted molar refractivity (Wildman–Crippen MR) is 141 cm³/mol. The van der Waals surface area contributed by atoms with E-state index in [2.05, 4.69) is 5.32 Å². The van der Waals surface area contributed by atoms with E-state index in [0.29, 0.717) is 29.6 Å². The van der Waals surface area contributed by atoms with Crippen LogP contribution in [0.1, 0.15) is 50.5 Å². The molecule has 1 aliphatic heterocycles. The molecule has 2 atom stereocenters. The summed E-state index contributed by atoms with van der Waals surface area (Å²) in [5, 5.41) is 13.7. The summed E-state index contributed by atoms with van der Waals surface area (Å²) in [5.74, 6) is -1.55. The van der Waals surface area contributed by atoms with Gasteiger partial charge in [0.05, 0.1) is 5.92 Å². The number of carboxylic acid groups (broad SMARTS) is 1. The van der Waals surface area contributed by atoms with Crippen molar-refractivity contribution in [3.8, 4) is 11.1 Å². The molecule has 1 saturated heterocycles. The predicted octanol–water partition coefficient (Wildman–Crippen LogP) is 5.59. The number of benzene rings is 2. The first-order chi connectivity index (χ1) is 17.3. The van der Waals surface area contributed by atoms with E-state index in [1.165, 1.54) is 6.42 Å². The number of piperidine rings is 1. The second-order valence-electron chi connectivity index (χ2n) is 9.88. The molecule has 1 saturated carbocycles. The van der Waals surface area contributed by atoms with E-state index >= 15 is 0 Å². The number of hydrogen-bond donors (Lipinski definition) is 2. The second kappa shape index (κ2) is 12.1. The molecule has 36 heavy (non-hydrogen) atoms. The minimum absolute atomic E-state index is 0.0668. The summed E-state index contributed by atoms with van der Waals surface area (Å²) in [6.45, 7) is 1.03. The number of nitrogens with zero attached hydrogens (tertiary/aromatic N) is 1. The maximum atomic E-state index is 13.0. The van der Waals surface area contributed by atoms with Crippen molar-refractivity contribution in [2.75, 3.05) is 13.1 Å². The Morgan fingerprint density at radius 1 is 0.944 bits per heavy atom. The van der Waals surface area contributed by atoms with Gasteiger partial charge in [-0.15, -0.1) is 0 Å². The van der Waals surface area contributed by atoms with Gasteiger partial charge in [0.15, 0.2) is 0 Å². The van der Waals surface area contributed by atoms with Crippen molar-refractivity contribution in [1.29, 1.82) is 0 Å². The summed E-state index contributed by atoms with van der Waals surface area (Å²) in [6.07, 6.45) is 6.77. The van der Waals surface area contributed by atoms with Gasteiger partial charge in [0.1, 0.15) is 6.04 Å². The summed E-state index contributed by atoms with van der Waals surface area (Å²) in [7, 11) is 0. The third-order valence-corrected chi connectivity index (χ3v) is 7.87. The summed E-state index contributed by atoms with van der Waals surface area (Å²) in [6, 6.07) is 11.6. The number of nitrogens with one attached hydrogen (secondary N) is 1. The largest absolute Gasteiger partial charge is 0.480 e. The molecule has 192 valence electrons. The van der Waals surface area contributed by atoms with Crippen LogP contribution in [0.15, 0.2) is 42.5 Å². The fraction of sp³-hybridized carbons (Fsp3) is 0.464. The molecule has 1 heterocycles. The molecule has 0 aromatic heterocycles. The molecule has 2 aliphatic rings. The van der Waals surface area contributed by atoms with E-state index in [-0.39, 0.29) is 30.1 Å². The van der Waals surface area contributed by atoms with Crippen LogP contribution in [0.5, 0.6) is 0 Å². The molecule has 2 aromatic carbocycles. The van der Waals surface area contributed by atoms with Gasteiger partial charge in [-0.25, -0.2) is 4.79 Å². The first-order valence-corrected chi connectivity index (χ1v) is 13.4. The van der Waals surface area contributed by atoms with Crippen molar-refractivity contribution in [3.63, 3.8) is 0 Å². The summed E-state index contributed by atoms with van der Waals surface area (Å²) >= 11 is 12.4. The smallest absolute Gasteiger partial charge is 0.326 e. The first kappa shape index (κ1) is 26.5. The molecule has 2 N–H and O–H groups in total. The van der Waals surface area contributed by atoms with Gasteiger partial charge in [-0.3, -0.25) is 9.59 Å². The molecule has 2 fully saturated rings. The number of halogens is 2. The van der Waals surface area contributed by atoms with Crippen molar-refractivity contribution < 1.29 is 19.5 Å². The highest BCUT2D eigenvalue weighted by atomic mass is 35.5. The van der Waals surface area contributed by atoms with Crippen molar-refractivity contribution in [1.82, 2.24) is 10.2 Å². The van der Waals surface area contributed by atoms with Crippen LogP contribution in [-0.2, 0) is 20.8 Å². The van der Waals surface area contributed by atoms with E-state index in [1.54, 1.807) is 18.2 Å². The van der Waals surface area contributed by atoms with Gasteiger partial charge in [-0.1, -0.05) is 66.7 Å². The molecule has 2 amide bonds. The van der Waals surface area contributed by atoms with Crippen LogP contribution < -0.4 is 5.32 Å². The molecule has 1 aliphatic carbocycles. The Kier molecular flexibility index (Phi) is 8.91. The van der Waals surface area contributed by atoms with Crippen molar-refractivity contribution in [2.45, 2.75) is 57.4 Å². The zero-order valence-electron chi connectivity index (χ0n) is 20.2. The maximum Gasteiger partial charge on any atom is 0.326 e. The van der Waals surface area contributed by atoms with Gasteiger partial charge >= 0.3 is 5.97 Å². The van der Waals surface area contributed by atoms with Crippen LogP contribution in [0.25, 0.3) is 11.1 Å². The summed E-state index contributed by atoms with van der Waals surface area (Å²) in [4.78, 5) is 39.7. The number of aliphatic carboxylic acids is 1. The van der Waals surface area contributed by atoms with Crippen molar-refractivity contribution in [3.05, 3.63) is 58.1 Å². The second-order valence-corrected chi connectivity index (χ2v) is 10.7. The lowest BCUT2D eigenvalue weighted by Crippen LogP contribution is -2.51. The summed E-state index contributed by atoms with van der Waals surface area (Å²) < 4.78 is 0. The van der Waals surface area contributed by atoms with Gasteiger partial charge in [0, 0.05) is 41.0 Å². The third-order valence-electron chi connectivity index (χ3n) is 7.31. The Morgan fingerprint density at radius 2 is 1.64 bits per heavy atom. The highest BCUT2D eigenvalue weighted by Crippen LogP contribution is 2.31. The molecule has 4 rings (SSSR count). The van der Waals surface area contributed by atoms with Crippen molar-refractivity contribution >= 4 is 41.0 Å². The fourth-order valence-electron chi connectivity index (χ4n) is 5.26. The molecule has 8 heteroatoms. The normalized spacial score (nSPS) is 19.5. The molecule has 1 unspecified atom stereocenters. The Labute approximate surface area is 222 Å². The third kappa shape index (κ3) is 6.60. The van der Waals surface area contributed by atoms with Crippen LogP contribution in [-0.4, -0.2) is 46.9 Å². The molecule has 0 bridgehead atoms. The van der Waals surface area contributed by atoms with Crippen LogP contribution in [0, 0.1) is 11.8 Å². The standard InChI is InChI=1S/C28H32Cl2N2O4/c29-22-12-13-24(30)23(16-22)19-10-8-18(9-11-19)15-25(28(35)36)31-26(33)21-7-4-14-32(17-21)27(34)20-5-2-1-3-6-20/h8-13,16,20-21,25H,1-7,14-15,17H2,(H,31,33)(H,35,36)/t21?,25-/m0/s1. The quantitative estimate of drug-likeness (QED) is 0.488. The molecule has 2 aromatic rings. The van der Waals surface area contributed by atoms with Crippen molar-refractivity contribution in [2.24, 2.45) is 11.8 Å². The van der Waals surface area contributed by atoms with Crippen LogP contribution in [0.2, 0.25) is 10.0 Å². The highest BCUT2D eigenvalue weighted by molar-refractivity contribution is 6.35. The van der Waals surface area contributed by atoms with E-state index in [9.17, 15) is 19.5 Å². The van der Waals surface area contributed by atoms with Gasteiger partial charge < -0.3 is 15.3 Å². The number of carbonyl (C=O) groups is 3. The van der Waals surface area contributed by atoms with E-state index in [4.69, 9.17) is 23.2 Å². The van der Waals surface area contributed by atoms with Crippen LogP contribution in [0.3, 0.4) is 0 Å². The molecule has 0 spiro atoms. The average molecular weight is 531 g/mol. The Hall–Kier alpha value is -2.57. The SMILES string of the molecule is O=C(N[C@@H](Cc1ccc(-c2cc(Cl)ccc2Cl)cc1)C(=O)O)C1CCCN(C(=O)C2CCCCC2)C1. The lowest BCUT2D eigenvalue weighted by molar-refractivity contribution is -0.144. The highest BCUT2D eigenvalue weighted by Gasteiger charge is 2.33. The number of carbonyl (C=O) groups excluding carboxylic acids is 2. The first-order valence-electron chi connectivity index (χ1n) is 12.7. The van der Waals surface area contributed by atoms with Gasteiger partial charge in [0.2, 0.25) is 11.8 Å². The minimum atomic E-state index is -1.09. The number of likely N-dealkylation sites (tertiary alicyclic amines) is 1. The van der Waals surface area contributed by atoms with Gasteiger partial charge in [0.25, 0.3) is 0 Å². The van der Waals surface area contributed by atoms with E-state index in [0.717, 1.165) is 48.8 Å². The van der Waals surface area contributed by atoms with E-state index in [1.807, 2.05) is 29.2 Å². The number of hydrogen-bond acceptors (Lipinski definition) is 3. The van der Waals surface area contributed by atoms with Crippen LogP contribution in [0.4, 0.5) is 0 Å². The number of amides is 2. The molecular formula is C28H32Cl2N2O4. The zero-order chi connectivity index (χ0) is 25.7. The Bertz CT molecular complexity index is 1100. The monoisotopic (exact) mass is 530 g/mol. The number of carboxylic acids is 1. The summed E-state index contributed by atoms with van der Waals surface area (Å²) in [5.41, 5.74) is 2.44. The zero-order valence-corrected chi connectivity index (χ0v) is 21.7. The van der Waals surface area contributed by atoms with E-state index < -0.39 is 12.0 Å². The Balaban J connectivity index is 1.37. The molecular weight excluding hydrogens is 499 g/mol. The van der Waals surface area contributed by atoms with Gasteiger partial charge in [-0.2, -0.15) is 0 Å². The average Bonchev–Trinajstić information content (AvgIpc) is 2.90. The van der Waals surface area contributed by atoms with Crippen LogP contribution >= 0.6 is 23.2 Å².